The fraction of sp³-hybridized carbons (Fsp3) is 0.455. The third-order valence-electron chi connectivity index (χ3n) is 3.01. The van der Waals surface area contributed by atoms with Gasteiger partial charge in [-0.3, -0.25) is 0 Å². The van der Waals surface area contributed by atoms with E-state index >= 15 is 0 Å². The molecule has 1 nitrogen and oxygen atoms in total. The molecule has 2 unspecified atom stereocenters. The van der Waals surface area contributed by atoms with E-state index in [2.05, 4.69) is 0 Å². The summed E-state index contributed by atoms with van der Waals surface area (Å²) in [6.07, 6.45) is 4.18. The maximum absolute atomic E-state index is 6.00. The van der Waals surface area contributed by atoms with E-state index in [1.807, 2.05) is 12.1 Å². The molecule has 0 saturated carbocycles. The van der Waals surface area contributed by atoms with Crippen molar-refractivity contribution in [3.63, 3.8) is 0 Å². The second kappa shape index (κ2) is 3.13. The molecule has 0 spiro atoms. The molecule has 3 heteroatoms. The first-order valence-corrected chi connectivity index (χ1v) is 5.64. The highest BCUT2D eigenvalue weighted by Gasteiger charge is 2.42. The lowest BCUT2D eigenvalue weighted by molar-refractivity contribution is 0.357. The van der Waals surface area contributed by atoms with Crippen LogP contribution in [0.3, 0.4) is 0 Å². The van der Waals surface area contributed by atoms with E-state index < -0.39 is 0 Å². The zero-order chi connectivity index (χ0) is 9.71. The Hall–Kier alpha value is -0.240. The summed E-state index contributed by atoms with van der Waals surface area (Å²) >= 11 is 12.0. The summed E-state index contributed by atoms with van der Waals surface area (Å²) < 4.78 is 5.58. The second-order valence-electron chi connectivity index (χ2n) is 3.95. The second-order valence-corrected chi connectivity index (χ2v) is 4.77. The van der Waals surface area contributed by atoms with Crippen LogP contribution in [0.5, 0.6) is 0 Å². The van der Waals surface area contributed by atoms with Crippen molar-refractivity contribution in [1.82, 2.24) is 0 Å². The van der Waals surface area contributed by atoms with Crippen molar-refractivity contribution in [2.75, 3.05) is 0 Å². The van der Waals surface area contributed by atoms with Crippen LogP contribution in [0.15, 0.2) is 12.1 Å². The minimum atomic E-state index is 0.294. The summed E-state index contributed by atoms with van der Waals surface area (Å²) in [5, 5.41) is 1.30. The van der Waals surface area contributed by atoms with E-state index in [0.29, 0.717) is 22.3 Å². The highest BCUT2D eigenvalue weighted by molar-refractivity contribution is 6.42. The number of hydrogen-bond acceptors (Lipinski definition) is 1. The molecule has 0 aromatic heterocycles. The minimum Gasteiger partial charge on any atom is -0.364 e. The summed E-state index contributed by atoms with van der Waals surface area (Å²) in [7, 11) is 0. The zero-order valence-corrected chi connectivity index (χ0v) is 9.11. The van der Waals surface area contributed by atoms with Crippen molar-refractivity contribution in [1.29, 1.82) is 0 Å². The van der Waals surface area contributed by atoms with Gasteiger partial charge in [0, 0.05) is 0 Å². The maximum atomic E-state index is 6.00. The number of aryl methyl sites for hydroxylation is 1. The van der Waals surface area contributed by atoms with Gasteiger partial charge in [-0.15, -0.1) is 0 Å². The summed E-state index contributed by atoms with van der Waals surface area (Å²) in [5.41, 5.74) is 2.56. The molecule has 2 aliphatic rings. The molecule has 74 valence electrons. The largest absolute Gasteiger partial charge is 0.364 e. The number of ether oxygens (including phenoxy) is 1. The fourth-order valence-electron chi connectivity index (χ4n) is 2.21. The first kappa shape index (κ1) is 9.02. The molecule has 14 heavy (non-hydrogen) atoms. The van der Waals surface area contributed by atoms with E-state index in [1.165, 1.54) is 17.5 Å². The highest BCUT2D eigenvalue weighted by Crippen LogP contribution is 2.47. The Kier molecular flexibility index (Phi) is 2.01. The topological polar surface area (TPSA) is 12.5 Å². The van der Waals surface area contributed by atoms with Crippen LogP contribution < -0.4 is 0 Å². The quantitative estimate of drug-likeness (QED) is 0.617. The lowest BCUT2D eigenvalue weighted by Crippen LogP contribution is -1.91. The monoisotopic (exact) mass is 228 g/mol. The molecule has 0 N–H and O–H groups in total. The van der Waals surface area contributed by atoms with Gasteiger partial charge in [0.1, 0.15) is 6.10 Å². The highest BCUT2D eigenvalue weighted by atomic mass is 35.5. The number of halogens is 2. The lowest BCUT2D eigenvalue weighted by atomic mass is 10.0. The van der Waals surface area contributed by atoms with Gasteiger partial charge in [0.15, 0.2) is 0 Å². The van der Waals surface area contributed by atoms with Gasteiger partial charge in [-0.2, -0.15) is 0 Å². The number of rotatable bonds is 0. The molecule has 0 amide bonds. The van der Waals surface area contributed by atoms with Gasteiger partial charge in [-0.25, -0.2) is 0 Å². The van der Waals surface area contributed by atoms with E-state index in [4.69, 9.17) is 27.9 Å². The first-order chi connectivity index (χ1) is 6.75. The van der Waals surface area contributed by atoms with E-state index in [1.54, 1.807) is 0 Å². The SMILES string of the molecule is Clc1cc2c(cc1Cl)C1OC1CCC2. The average Bonchev–Trinajstić information content (AvgIpc) is 2.89. The number of hydrogen-bond donors (Lipinski definition) is 0. The van der Waals surface area contributed by atoms with Crippen molar-refractivity contribution in [3.8, 4) is 0 Å². The first-order valence-electron chi connectivity index (χ1n) is 4.89. The molecular formula is C11H10Cl2O. The van der Waals surface area contributed by atoms with E-state index in [-0.39, 0.29) is 0 Å². The summed E-state index contributed by atoms with van der Waals surface area (Å²) in [5.74, 6) is 0. The van der Waals surface area contributed by atoms with Gasteiger partial charge in [0.05, 0.1) is 16.1 Å². The van der Waals surface area contributed by atoms with Crippen LogP contribution >= 0.6 is 23.2 Å². The van der Waals surface area contributed by atoms with Crippen LogP contribution in [-0.2, 0) is 11.2 Å². The van der Waals surface area contributed by atoms with Gasteiger partial charge in [-0.1, -0.05) is 23.2 Å². The van der Waals surface area contributed by atoms with Crippen LogP contribution in [0.4, 0.5) is 0 Å². The van der Waals surface area contributed by atoms with E-state index in [0.717, 1.165) is 12.8 Å². The Bertz CT molecular complexity index is 389. The van der Waals surface area contributed by atoms with Crippen LogP contribution in [0.2, 0.25) is 10.0 Å². The van der Waals surface area contributed by atoms with Crippen LogP contribution in [0.25, 0.3) is 0 Å². The van der Waals surface area contributed by atoms with Gasteiger partial charge < -0.3 is 4.74 Å². The third-order valence-corrected chi connectivity index (χ3v) is 3.73. The standard InChI is InChI=1S/C11H10Cl2O/c12-8-4-6-2-1-3-10-11(14-10)7(6)5-9(8)13/h4-5,10-11H,1-3H2. The average molecular weight is 229 g/mol. The van der Waals surface area contributed by atoms with Crippen LogP contribution in [0.1, 0.15) is 30.1 Å². The smallest absolute Gasteiger partial charge is 0.109 e. The van der Waals surface area contributed by atoms with Gasteiger partial charge in [0.2, 0.25) is 0 Å². The molecule has 3 rings (SSSR count). The third kappa shape index (κ3) is 1.35. The molecule has 1 aromatic rings. The Morgan fingerprint density at radius 3 is 2.86 bits per heavy atom. The molecule has 2 atom stereocenters. The van der Waals surface area contributed by atoms with Gasteiger partial charge in [-0.05, 0) is 42.5 Å². The Morgan fingerprint density at radius 1 is 1.21 bits per heavy atom. The van der Waals surface area contributed by atoms with Crippen LogP contribution in [0, 0.1) is 0 Å². The Balaban J connectivity index is 2.11. The molecule has 1 aromatic carbocycles. The minimum absolute atomic E-state index is 0.294. The predicted molar refractivity (Wildman–Crippen MR) is 57.0 cm³/mol. The lowest BCUT2D eigenvalue weighted by Gasteiger charge is -2.07. The molecule has 0 radical (unpaired) electrons. The molecular weight excluding hydrogens is 219 g/mol. The number of epoxide rings is 1. The van der Waals surface area contributed by atoms with Crippen molar-refractivity contribution in [2.45, 2.75) is 31.5 Å². The molecule has 1 aliphatic heterocycles. The summed E-state index contributed by atoms with van der Waals surface area (Å²) in [6.45, 7) is 0. The molecule has 1 heterocycles. The molecule has 1 fully saturated rings. The fourth-order valence-corrected chi connectivity index (χ4v) is 2.57. The summed E-state index contributed by atoms with van der Waals surface area (Å²) in [6, 6.07) is 3.96. The van der Waals surface area contributed by atoms with Crippen molar-refractivity contribution in [2.24, 2.45) is 0 Å². The Labute approximate surface area is 93.0 Å². The van der Waals surface area contributed by atoms with Crippen molar-refractivity contribution >= 4 is 23.2 Å². The Morgan fingerprint density at radius 2 is 2.00 bits per heavy atom. The van der Waals surface area contributed by atoms with Gasteiger partial charge in [0.25, 0.3) is 0 Å². The van der Waals surface area contributed by atoms with Crippen molar-refractivity contribution < 1.29 is 4.74 Å². The molecule has 1 saturated heterocycles. The van der Waals surface area contributed by atoms with Crippen molar-refractivity contribution in [3.05, 3.63) is 33.3 Å². The number of fused-ring (bicyclic) bond motifs is 3. The maximum Gasteiger partial charge on any atom is 0.109 e. The molecule has 0 bridgehead atoms. The zero-order valence-electron chi connectivity index (χ0n) is 7.59. The normalized spacial score (nSPS) is 29.0. The number of benzene rings is 1. The van der Waals surface area contributed by atoms with Gasteiger partial charge >= 0.3 is 0 Å². The van der Waals surface area contributed by atoms with E-state index in [9.17, 15) is 0 Å². The molecule has 1 aliphatic carbocycles. The van der Waals surface area contributed by atoms with Crippen LogP contribution in [-0.4, -0.2) is 6.10 Å². The predicted octanol–water partition coefficient (Wildman–Crippen LogP) is 3.77. The summed E-state index contributed by atoms with van der Waals surface area (Å²) in [4.78, 5) is 0.